The van der Waals surface area contributed by atoms with Gasteiger partial charge < -0.3 is 15.2 Å². The number of hydrogen-bond donors (Lipinski definition) is 2. The van der Waals surface area contributed by atoms with Crippen LogP contribution in [0.2, 0.25) is 0 Å². The number of hydrogen-bond acceptors (Lipinski definition) is 5. The maximum atomic E-state index is 11.1. The van der Waals surface area contributed by atoms with Crippen molar-refractivity contribution in [1.29, 1.82) is 0 Å². The number of sulfone groups is 1. The molecule has 0 unspecified atom stereocenters. The summed E-state index contributed by atoms with van der Waals surface area (Å²) < 4.78 is 27.1. The first-order valence-corrected chi connectivity index (χ1v) is 6.48. The predicted octanol–water partition coefficient (Wildman–Crippen LogP) is -1.23. The van der Waals surface area contributed by atoms with Crippen molar-refractivity contribution < 1.29 is 18.3 Å². The zero-order valence-electron chi connectivity index (χ0n) is 8.27. The van der Waals surface area contributed by atoms with Crippen molar-refractivity contribution in [2.45, 2.75) is 18.6 Å². The molecule has 0 aliphatic carbocycles. The molecule has 14 heavy (non-hydrogen) atoms. The van der Waals surface area contributed by atoms with Gasteiger partial charge in [0.05, 0.1) is 17.6 Å². The fraction of sp³-hybridized carbons (Fsp3) is 1.00. The highest BCUT2D eigenvalue weighted by Crippen LogP contribution is 2.12. The number of ether oxygens (including phenoxy) is 1. The molecule has 0 aromatic carbocycles. The van der Waals surface area contributed by atoms with Crippen LogP contribution in [0.4, 0.5) is 0 Å². The lowest BCUT2D eigenvalue weighted by molar-refractivity contribution is 0.159. The van der Waals surface area contributed by atoms with Crippen LogP contribution in [0.3, 0.4) is 0 Å². The first-order chi connectivity index (χ1) is 6.55. The van der Waals surface area contributed by atoms with Crippen molar-refractivity contribution in [1.82, 2.24) is 5.32 Å². The largest absolute Gasteiger partial charge is 0.390 e. The van der Waals surface area contributed by atoms with E-state index in [1.807, 2.05) is 0 Å². The summed E-state index contributed by atoms with van der Waals surface area (Å²) >= 11 is 0. The smallest absolute Gasteiger partial charge is 0.154 e. The van der Waals surface area contributed by atoms with Crippen LogP contribution >= 0.6 is 0 Å². The Labute approximate surface area is 84.4 Å². The molecule has 0 bridgehead atoms. The standard InChI is InChI=1S/C8H17NO4S/c1-13-4-2-3-9-7-5-14(11,12)6-8(7)10/h7-10H,2-6H2,1H3/t7-,8-/m1/s1. The zero-order chi connectivity index (χ0) is 10.6. The Morgan fingerprint density at radius 1 is 1.50 bits per heavy atom. The van der Waals surface area contributed by atoms with Crippen LogP contribution in [0, 0.1) is 0 Å². The minimum Gasteiger partial charge on any atom is -0.390 e. The average Bonchev–Trinajstić information content (AvgIpc) is 2.34. The lowest BCUT2D eigenvalue weighted by atomic mass is 10.2. The predicted molar refractivity (Wildman–Crippen MR) is 52.9 cm³/mol. The third-order valence-corrected chi connectivity index (χ3v) is 3.97. The van der Waals surface area contributed by atoms with Crippen molar-refractivity contribution in [3.05, 3.63) is 0 Å². The Bertz CT molecular complexity index is 265. The number of aliphatic hydroxyl groups is 1. The lowest BCUT2D eigenvalue weighted by Crippen LogP contribution is -2.39. The highest BCUT2D eigenvalue weighted by atomic mass is 32.2. The summed E-state index contributed by atoms with van der Waals surface area (Å²) in [4.78, 5) is 0. The van der Waals surface area contributed by atoms with Gasteiger partial charge >= 0.3 is 0 Å². The van der Waals surface area contributed by atoms with Gasteiger partial charge in [-0.05, 0) is 13.0 Å². The summed E-state index contributed by atoms with van der Waals surface area (Å²) in [5.74, 6) is -0.0733. The Hall–Kier alpha value is -0.170. The molecule has 5 nitrogen and oxygen atoms in total. The third-order valence-electron chi connectivity index (χ3n) is 2.25. The lowest BCUT2D eigenvalue weighted by Gasteiger charge is -2.14. The van der Waals surface area contributed by atoms with Gasteiger partial charge in [-0.2, -0.15) is 0 Å². The van der Waals surface area contributed by atoms with Gasteiger partial charge in [0.1, 0.15) is 0 Å². The molecule has 0 radical (unpaired) electrons. The molecule has 1 saturated heterocycles. The Balaban J connectivity index is 2.25. The molecule has 6 heteroatoms. The fourth-order valence-electron chi connectivity index (χ4n) is 1.53. The molecular formula is C8H17NO4S. The maximum Gasteiger partial charge on any atom is 0.154 e. The van der Waals surface area contributed by atoms with Crippen molar-refractivity contribution in [2.75, 3.05) is 31.8 Å². The quantitative estimate of drug-likeness (QED) is 0.571. The van der Waals surface area contributed by atoms with Gasteiger partial charge in [-0.3, -0.25) is 0 Å². The second kappa shape index (κ2) is 5.06. The second-order valence-corrected chi connectivity index (χ2v) is 5.71. The molecule has 1 aliphatic rings. The first kappa shape index (κ1) is 11.9. The fourth-order valence-corrected chi connectivity index (χ4v) is 3.30. The van der Waals surface area contributed by atoms with Gasteiger partial charge in [0.15, 0.2) is 9.84 Å². The van der Waals surface area contributed by atoms with Crippen LogP contribution in [-0.4, -0.2) is 57.4 Å². The van der Waals surface area contributed by atoms with Crippen LogP contribution < -0.4 is 5.32 Å². The molecular weight excluding hydrogens is 206 g/mol. The van der Waals surface area contributed by atoms with Crippen LogP contribution in [0.15, 0.2) is 0 Å². The summed E-state index contributed by atoms with van der Waals surface area (Å²) in [7, 11) is -1.41. The van der Waals surface area contributed by atoms with Gasteiger partial charge in [0, 0.05) is 19.8 Å². The molecule has 0 amide bonds. The van der Waals surface area contributed by atoms with E-state index >= 15 is 0 Å². The molecule has 2 N–H and O–H groups in total. The van der Waals surface area contributed by atoms with E-state index in [1.165, 1.54) is 0 Å². The molecule has 1 heterocycles. The number of rotatable bonds is 5. The number of methoxy groups -OCH3 is 1. The summed E-state index contributed by atoms with van der Waals surface area (Å²) in [6, 6.07) is -0.308. The molecule has 1 rings (SSSR count). The molecule has 2 atom stereocenters. The van der Waals surface area contributed by atoms with E-state index in [0.717, 1.165) is 6.42 Å². The van der Waals surface area contributed by atoms with E-state index in [4.69, 9.17) is 4.74 Å². The molecule has 0 aromatic heterocycles. The third kappa shape index (κ3) is 3.53. The van der Waals surface area contributed by atoms with Crippen molar-refractivity contribution in [3.63, 3.8) is 0 Å². The monoisotopic (exact) mass is 223 g/mol. The first-order valence-electron chi connectivity index (χ1n) is 4.66. The van der Waals surface area contributed by atoms with Crippen LogP contribution in [0.25, 0.3) is 0 Å². The highest BCUT2D eigenvalue weighted by molar-refractivity contribution is 7.91. The summed E-state index contributed by atoms with van der Waals surface area (Å²) in [6.07, 6.45) is 0.0577. The number of aliphatic hydroxyl groups excluding tert-OH is 1. The van der Waals surface area contributed by atoms with Gasteiger partial charge in [0.25, 0.3) is 0 Å². The van der Waals surface area contributed by atoms with Crippen molar-refractivity contribution >= 4 is 9.84 Å². The van der Waals surface area contributed by atoms with E-state index in [9.17, 15) is 13.5 Å². The molecule has 1 fully saturated rings. The molecule has 0 saturated carbocycles. The van der Waals surface area contributed by atoms with Crippen LogP contribution in [-0.2, 0) is 14.6 Å². The van der Waals surface area contributed by atoms with E-state index in [1.54, 1.807) is 7.11 Å². The topological polar surface area (TPSA) is 75.6 Å². The average molecular weight is 223 g/mol. The van der Waals surface area contributed by atoms with E-state index < -0.39 is 15.9 Å². The second-order valence-electron chi connectivity index (χ2n) is 3.55. The zero-order valence-corrected chi connectivity index (χ0v) is 9.09. The molecule has 0 spiro atoms. The van der Waals surface area contributed by atoms with Gasteiger partial charge in [-0.1, -0.05) is 0 Å². The van der Waals surface area contributed by atoms with Crippen molar-refractivity contribution in [3.8, 4) is 0 Å². The maximum absolute atomic E-state index is 11.1. The normalized spacial score (nSPS) is 30.7. The van der Waals surface area contributed by atoms with E-state index in [0.29, 0.717) is 13.2 Å². The van der Waals surface area contributed by atoms with Gasteiger partial charge in [-0.15, -0.1) is 0 Å². The minimum absolute atomic E-state index is 0.0428. The molecule has 0 aromatic rings. The van der Waals surface area contributed by atoms with Crippen LogP contribution in [0.1, 0.15) is 6.42 Å². The van der Waals surface area contributed by atoms with E-state index in [-0.39, 0.29) is 17.5 Å². The summed E-state index contributed by atoms with van der Waals surface area (Å²) in [6.45, 7) is 1.31. The highest BCUT2D eigenvalue weighted by Gasteiger charge is 2.35. The van der Waals surface area contributed by atoms with Gasteiger partial charge in [-0.25, -0.2) is 8.42 Å². The Morgan fingerprint density at radius 3 is 2.71 bits per heavy atom. The van der Waals surface area contributed by atoms with E-state index in [2.05, 4.69) is 5.32 Å². The minimum atomic E-state index is -3.03. The summed E-state index contributed by atoms with van der Waals surface area (Å²) in [5.41, 5.74) is 0. The number of nitrogens with one attached hydrogen (secondary N) is 1. The molecule has 1 aliphatic heterocycles. The Kier molecular flexibility index (Phi) is 4.31. The Morgan fingerprint density at radius 2 is 2.21 bits per heavy atom. The summed E-state index contributed by atoms with van der Waals surface area (Å²) in [5, 5.41) is 12.4. The van der Waals surface area contributed by atoms with Gasteiger partial charge in [0.2, 0.25) is 0 Å². The van der Waals surface area contributed by atoms with Crippen molar-refractivity contribution in [2.24, 2.45) is 0 Å². The molecule has 84 valence electrons. The van der Waals surface area contributed by atoms with Crippen LogP contribution in [0.5, 0.6) is 0 Å². The SMILES string of the molecule is COCCCN[C@@H]1CS(=O)(=O)C[C@H]1O.